The average Bonchev–Trinajstić information content (AvgIpc) is 3.17. The molecule has 0 aliphatic carbocycles. The van der Waals surface area contributed by atoms with Crippen LogP contribution in [0.1, 0.15) is 6.92 Å². The van der Waals surface area contributed by atoms with Crippen LogP contribution in [0.3, 0.4) is 0 Å². The second kappa shape index (κ2) is 8.52. The Labute approximate surface area is 180 Å². The molecule has 3 rings (SSSR count). The summed E-state index contributed by atoms with van der Waals surface area (Å²) in [5.74, 6) is -3.18. The zero-order chi connectivity index (χ0) is 22.2. The summed E-state index contributed by atoms with van der Waals surface area (Å²) in [6.07, 6.45) is 0. The van der Waals surface area contributed by atoms with Gasteiger partial charge in [0.15, 0.2) is 0 Å². The van der Waals surface area contributed by atoms with E-state index >= 15 is 0 Å². The summed E-state index contributed by atoms with van der Waals surface area (Å²) in [7, 11) is -1.18. The number of fused-ring (bicyclic) bond motifs is 1. The molecule has 0 aromatic carbocycles. The Morgan fingerprint density at radius 3 is 2.73 bits per heavy atom. The van der Waals surface area contributed by atoms with Crippen molar-refractivity contribution in [2.24, 2.45) is 0 Å². The SMILES string of the molecule is CC(Sc1nn[nH]n1)C1=C(C(=O)O)N2C(=O)C(NC(=O)CS(=O)(=O)N(C)C)[C@@H]2SC1. The number of sulfonamides is 1. The Morgan fingerprint density at radius 2 is 2.17 bits per heavy atom. The third kappa shape index (κ3) is 4.30. The fraction of sp³-hybridized carbons (Fsp3) is 0.571. The van der Waals surface area contributed by atoms with Gasteiger partial charge in [-0.15, -0.1) is 22.0 Å². The first kappa shape index (κ1) is 22.5. The van der Waals surface area contributed by atoms with Crippen molar-refractivity contribution in [2.45, 2.75) is 28.7 Å². The quantitative estimate of drug-likeness (QED) is 0.287. The van der Waals surface area contributed by atoms with Crippen LogP contribution < -0.4 is 5.32 Å². The molecule has 1 fully saturated rings. The lowest BCUT2D eigenvalue weighted by molar-refractivity contribution is -0.150. The zero-order valence-corrected chi connectivity index (χ0v) is 18.5. The topological polar surface area (TPSA) is 179 Å². The van der Waals surface area contributed by atoms with Gasteiger partial charge in [-0.25, -0.2) is 17.5 Å². The van der Waals surface area contributed by atoms with Crippen LogP contribution in [-0.4, -0.2) is 103 Å². The molecule has 1 aromatic heterocycles. The predicted molar refractivity (Wildman–Crippen MR) is 107 cm³/mol. The normalized spacial score (nSPS) is 22.5. The predicted octanol–water partition coefficient (Wildman–Crippen LogP) is -1.69. The molecule has 2 aliphatic heterocycles. The van der Waals surface area contributed by atoms with Gasteiger partial charge in [-0.1, -0.05) is 11.8 Å². The van der Waals surface area contributed by atoms with E-state index < -0.39 is 45.0 Å². The van der Waals surface area contributed by atoms with Crippen LogP contribution in [0, 0.1) is 0 Å². The second-order valence-electron chi connectivity index (χ2n) is 6.63. The molecular formula is C14H19N7O6S3. The van der Waals surface area contributed by atoms with Gasteiger partial charge in [0.25, 0.3) is 5.91 Å². The van der Waals surface area contributed by atoms with E-state index in [0.717, 1.165) is 9.21 Å². The summed E-state index contributed by atoms with van der Waals surface area (Å²) >= 11 is 2.49. The summed E-state index contributed by atoms with van der Waals surface area (Å²) in [6.45, 7) is 1.77. The number of aliphatic carboxylic acids is 1. The van der Waals surface area contributed by atoms with E-state index in [2.05, 4.69) is 25.9 Å². The minimum atomic E-state index is -3.78. The van der Waals surface area contributed by atoms with Crippen LogP contribution in [0.25, 0.3) is 0 Å². The van der Waals surface area contributed by atoms with E-state index in [1.807, 2.05) is 0 Å². The van der Waals surface area contributed by atoms with Crippen molar-refractivity contribution in [2.75, 3.05) is 25.6 Å². The summed E-state index contributed by atoms with van der Waals surface area (Å²) in [5, 5.41) is 24.9. The highest BCUT2D eigenvalue weighted by Crippen LogP contribution is 2.43. The third-order valence-corrected chi connectivity index (χ3v) is 8.55. The van der Waals surface area contributed by atoms with Gasteiger partial charge in [0.2, 0.25) is 21.1 Å². The number of carboxylic acids is 1. The molecule has 0 spiro atoms. The van der Waals surface area contributed by atoms with Crippen LogP contribution in [0.4, 0.5) is 0 Å². The molecule has 13 nitrogen and oxygen atoms in total. The van der Waals surface area contributed by atoms with E-state index in [4.69, 9.17) is 0 Å². The van der Waals surface area contributed by atoms with Crippen LogP contribution in [0.5, 0.6) is 0 Å². The molecule has 16 heteroatoms. The smallest absolute Gasteiger partial charge is 0.352 e. The fourth-order valence-corrected chi connectivity index (χ4v) is 5.98. The van der Waals surface area contributed by atoms with Gasteiger partial charge < -0.3 is 10.4 Å². The number of carbonyl (C=O) groups is 3. The Balaban J connectivity index is 1.75. The van der Waals surface area contributed by atoms with Crippen molar-refractivity contribution in [3.63, 3.8) is 0 Å². The number of nitrogens with zero attached hydrogens (tertiary/aromatic N) is 5. The van der Waals surface area contributed by atoms with Crippen molar-refractivity contribution in [1.29, 1.82) is 0 Å². The minimum absolute atomic E-state index is 0.140. The highest BCUT2D eigenvalue weighted by atomic mass is 32.2. The van der Waals surface area contributed by atoms with E-state index in [1.54, 1.807) is 6.92 Å². The lowest BCUT2D eigenvalue weighted by Crippen LogP contribution is -2.71. The first-order chi connectivity index (χ1) is 14.0. The Bertz CT molecular complexity index is 994. The molecule has 1 aromatic rings. The molecule has 3 N–H and O–H groups in total. The van der Waals surface area contributed by atoms with E-state index in [9.17, 15) is 27.9 Å². The number of β-lactam (4-membered cyclic amide) rings is 1. The molecule has 164 valence electrons. The average molecular weight is 478 g/mol. The number of aromatic amines is 1. The maximum absolute atomic E-state index is 12.6. The van der Waals surface area contributed by atoms with Crippen molar-refractivity contribution >= 4 is 51.3 Å². The zero-order valence-electron chi connectivity index (χ0n) is 16.1. The highest BCUT2D eigenvalue weighted by molar-refractivity contribution is 8.01. The van der Waals surface area contributed by atoms with Gasteiger partial charge in [-0.05, 0) is 17.7 Å². The number of aromatic nitrogens is 4. The summed E-state index contributed by atoms with van der Waals surface area (Å²) < 4.78 is 24.6. The molecule has 0 saturated carbocycles. The molecule has 2 amide bonds. The van der Waals surface area contributed by atoms with E-state index in [1.165, 1.54) is 37.6 Å². The standard InChI is InChI=1S/C14H19N7O6S3/c1-6(29-14-16-18-19-17-14)7-4-28-12-9(11(23)21(12)10(7)13(24)25)15-8(22)5-30(26,27)20(2)3/h6,9,12H,4-5H2,1-3H3,(H,15,22)(H,24,25)(H,16,17,18,19)/t6?,9?,12-/m0/s1. The maximum Gasteiger partial charge on any atom is 0.352 e. The van der Waals surface area contributed by atoms with Gasteiger partial charge in [0.05, 0.1) is 0 Å². The minimum Gasteiger partial charge on any atom is -0.477 e. The Hall–Kier alpha value is -2.17. The molecule has 1 saturated heterocycles. The van der Waals surface area contributed by atoms with Crippen molar-refractivity contribution < 1.29 is 27.9 Å². The molecule has 3 atom stereocenters. The maximum atomic E-state index is 12.6. The number of thioether (sulfide) groups is 2. The molecule has 3 heterocycles. The number of carboxylic acid groups (broad SMARTS) is 1. The Morgan fingerprint density at radius 1 is 1.47 bits per heavy atom. The molecule has 0 radical (unpaired) electrons. The highest BCUT2D eigenvalue weighted by Gasteiger charge is 2.54. The third-order valence-electron chi connectivity index (χ3n) is 4.49. The molecule has 30 heavy (non-hydrogen) atoms. The fourth-order valence-electron chi connectivity index (χ4n) is 2.90. The number of hydrogen-bond acceptors (Lipinski definition) is 10. The molecular weight excluding hydrogens is 458 g/mol. The molecule has 2 aliphatic rings. The molecule has 0 bridgehead atoms. The second-order valence-corrected chi connectivity index (χ2v) is 11.2. The molecule has 2 unspecified atom stereocenters. The summed E-state index contributed by atoms with van der Waals surface area (Å²) in [6, 6.07) is -0.990. The van der Waals surface area contributed by atoms with Crippen LogP contribution in [0.2, 0.25) is 0 Å². The number of H-pyrrole nitrogens is 1. The monoisotopic (exact) mass is 477 g/mol. The van der Waals surface area contributed by atoms with E-state index in [-0.39, 0.29) is 10.9 Å². The Kier molecular flexibility index (Phi) is 6.40. The van der Waals surface area contributed by atoms with Gasteiger partial charge >= 0.3 is 5.97 Å². The number of rotatable bonds is 8. The van der Waals surface area contributed by atoms with Crippen LogP contribution in [0.15, 0.2) is 16.4 Å². The van der Waals surface area contributed by atoms with Crippen LogP contribution >= 0.6 is 23.5 Å². The largest absolute Gasteiger partial charge is 0.477 e. The van der Waals surface area contributed by atoms with Gasteiger partial charge in [0.1, 0.15) is 22.9 Å². The number of hydrogen-bond donors (Lipinski definition) is 3. The number of carbonyl (C=O) groups excluding carboxylic acids is 2. The van der Waals surface area contributed by atoms with Gasteiger partial charge in [-0.3, -0.25) is 14.5 Å². The summed E-state index contributed by atoms with van der Waals surface area (Å²) in [5.41, 5.74) is 0.380. The van der Waals surface area contributed by atoms with Crippen LogP contribution in [-0.2, 0) is 24.4 Å². The van der Waals surface area contributed by atoms with E-state index in [0.29, 0.717) is 16.5 Å². The van der Waals surface area contributed by atoms with Crippen molar-refractivity contribution in [3.05, 3.63) is 11.3 Å². The van der Waals surface area contributed by atoms with Crippen molar-refractivity contribution in [3.8, 4) is 0 Å². The van der Waals surface area contributed by atoms with Gasteiger partial charge in [-0.2, -0.15) is 5.21 Å². The summed E-state index contributed by atoms with van der Waals surface area (Å²) in [4.78, 5) is 37.8. The number of amides is 2. The van der Waals surface area contributed by atoms with Gasteiger partial charge in [0, 0.05) is 25.1 Å². The number of nitrogens with one attached hydrogen (secondary N) is 2. The lowest BCUT2D eigenvalue weighted by atomic mass is 10.0. The number of tetrazole rings is 1. The lowest BCUT2D eigenvalue weighted by Gasteiger charge is -2.50. The van der Waals surface area contributed by atoms with Crippen molar-refractivity contribution in [1.82, 2.24) is 35.1 Å². The first-order valence-electron chi connectivity index (χ1n) is 8.53. The first-order valence-corrected chi connectivity index (χ1v) is 12.1.